The molecule has 34 heavy (non-hydrogen) atoms. The fourth-order valence-corrected chi connectivity index (χ4v) is 4.48. The van der Waals surface area contributed by atoms with Gasteiger partial charge in [-0.25, -0.2) is 9.37 Å². The lowest BCUT2D eigenvalue weighted by Crippen LogP contribution is -2.43. The van der Waals surface area contributed by atoms with Crippen LogP contribution in [0.5, 0.6) is 0 Å². The van der Waals surface area contributed by atoms with Crippen LogP contribution in [0.1, 0.15) is 42.5 Å². The molecule has 10 heteroatoms. The summed E-state index contributed by atoms with van der Waals surface area (Å²) in [6.45, 7) is 1.83. The molecule has 3 aromatic heterocycles. The van der Waals surface area contributed by atoms with E-state index in [0.717, 1.165) is 62.2 Å². The molecule has 3 aromatic rings. The maximum absolute atomic E-state index is 14.8. The maximum Gasteiger partial charge on any atom is 0.252 e. The third kappa shape index (κ3) is 5.28. The van der Waals surface area contributed by atoms with E-state index >= 15 is 0 Å². The van der Waals surface area contributed by atoms with Crippen molar-refractivity contribution < 1.29 is 9.18 Å². The summed E-state index contributed by atoms with van der Waals surface area (Å²) >= 11 is 0. The van der Waals surface area contributed by atoms with E-state index in [2.05, 4.69) is 44.2 Å². The van der Waals surface area contributed by atoms with Crippen LogP contribution in [0.25, 0.3) is 10.9 Å². The van der Waals surface area contributed by atoms with Crippen molar-refractivity contribution in [2.24, 2.45) is 11.5 Å². The second-order valence-electron chi connectivity index (χ2n) is 9.19. The largest absolute Gasteiger partial charge is 0.365 e. The smallest absolute Gasteiger partial charge is 0.252 e. The van der Waals surface area contributed by atoms with Gasteiger partial charge in [-0.1, -0.05) is 12.8 Å². The van der Waals surface area contributed by atoms with Crippen molar-refractivity contribution in [2.75, 3.05) is 31.3 Å². The first kappa shape index (κ1) is 23.9. The van der Waals surface area contributed by atoms with Gasteiger partial charge in [-0.3, -0.25) is 9.78 Å². The number of pyridine rings is 2. The number of halogens is 1. The Morgan fingerprint density at radius 3 is 2.79 bits per heavy atom. The van der Waals surface area contributed by atoms with Crippen molar-refractivity contribution in [3.8, 4) is 0 Å². The minimum absolute atomic E-state index is 0.0292. The van der Waals surface area contributed by atoms with Gasteiger partial charge in [0, 0.05) is 30.2 Å². The summed E-state index contributed by atoms with van der Waals surface area (Å²) in [5.41, 5.74) is 13.3. The number of rotatable bonds is 9. The van der Waals surface area contributed by atoms with Crippen LogP contribution in [0.4, 0.5) is 21.7 Å². The van der Waals surface area contributed by atoms with Crippen LogP contribution in [0, 0.1) is 5.82 Å². The van der Waals surface area contributed by atoms with E-state index in [1.807, 2.05) is 12.3 Å². The van der Waals surface area contributed by atoms with E-state index in [1.54, 1.807) is 12.4 Å². The van der Waals surface area contributed by atoms with E-state index in [1.165, 1.54) is 0 Å². The molecule has 0 aromatic carbocycles. The SMILES string of the molecule is CN(C)CCCn1ccc2c(Nc3nc(N[C@@H]4CCCC[C@@H]4N)c(F)cc3C(N)=O)cncc21. The van der Waals surface area contributed by atoms with Gasteiger partial charge in [0.1, 0.15) is 5.82 Å². The number of carbonyl (C=O) groups excluding carboxylic acids is 1. The number of aryl methyl sites for hydroxylation is 1. The molecule has 0 unspecified atom stereocenters. The molecule has 4 rings (SSSR count). The molecule has 1 amide bonds. The molecular weight excluding hydrogens is 435 g/mol. The maximum atomic E-state index is 14.8. The minimum atomic E-state index is -0.767. The van der Waals surface area contributed by atoms with Crippen molar-refractivity contribution >= 4 is 34.1 Å². The minimum Gasteiger partial charge on any atom is -0.365 e. The zero-order chi connectivity index (χ0) is 24.2. The highest BCUT2D eigenvalue weighted by atomic mass is 19.1. The summed E-state index contributed by atoms with van der Waals surface area (Å²) in [5.74, 6) is -1.18. The predicted molar refractivity (Wildman–Crippen MR) is 133 cm³/mol. The topological polar surface area (TPSA) is 127 Å². The Balaban J connectivity index is 1.63. The summed E-state index contributed by atoms with van der Waals surface area (Å²) < 4.78 is 17.0. The Hall–Kier alpha value is -3.24. The Bertz CT molecular complexity index is 1160. The third-order valence-electron chi connectivity index (χ3n) is 6.34. The van der Waals surface area contributed by atoms with E-state index in [4.69, 9.17) is 11.5 Å². The van der Waals surface area contributed by atoms with E-state index in [0.29, 0.717) is 5.69 Å². The number of aromatic nitrogens is 3. The average molecular weight is 469 g/mol. The molecule has 6 N–H and O–H groups in total. The molecule has 1 aliphatic carbocycles. The van der Waals surface area contributed by atoms with Gasteiger partial charge in [0.2, 0.25) is 0 Å². The fourth-order valence-electron chi connectivity index (χ4n) is 4.48. The highest BCUT2D eigenvalue weighted by molar-refractivity contribution is 6.00. The number of carbonyl (C=O) groups is 1. The Morgan fingerprint density at radius 1 is 1.26 bits per heavy atom. The first-order valence-corrected chi connectivity index (χ1v) is 11.7. The van der Waals surface area contributed by atoms with Crippen LogP contribution in [0.15, 0.2) is 30.7 Å². The van der Waals surface area contributed by atoms with Crippen molar-refractivity contribution in [1.29, 1.82) is 0 Å². The van der Waals surface area contributed by atoms with Crippen LogP contribution in [-0.4, -0.2) is 58.1 Å². The molecule has 1 saturated carbocycles. The normalized spacial score (nSPS) is 18.4. The molecule has 0 radical (unpaired) electrons. The average Bonchev–Trinajstić information content (AvgIpc) is 3.21. The molecule has 1 aliphatic rings. The van der Waals surface area contributed by atoms with E-state index in [-0.39, 0.29) is 29.3 Å². The van der Waals surface area contributed by atoms with Gasteiger partial charge >= 0.3 is 0 Å². The number of anilines is 3. The van der Waals surface area contributed by atoms with Crippen LogP contribution in [0.2, 0.25) is 0 Å². The summed E-state index contributed by atoms with van der Waals surface area (Å²) in [6.07, 6.45) is 10.3. The first-order valence-electron chi connectivity index (χ1n) is 11.7. The molecule has 1 fully saturated rings. The molecule has 2 atom stereocenters. The summed E-state index contributed by atoms with van der Waals surface area (Å²) in [4.78, 5) is 23.0. The number of fused-ring (bicyclic) bond motifs is 1. The molecular formula is C24H33FN8O. The quantitative estimate of drug-likeness (QED) is 0.380. The third-order valence-corrected chi connectivity index (χ3v) is 6.34. The molecule has 0 spiro atoms. The summed E-state index contributed by atoms with van der Waals surface area (Å²) in [6, 6.07) is 2.95. The number of nitrogens with zero attached hydrogens (tertiary/aromatic N) is 4. The molecule has 0 bridgehead atoms. The van der Waals surface area contributed by atoms with Gasteiger partial charge in [-0.2, -0.15) is 0 Å². The van der Waals surface area contributed by atoms with Crippen molar-refractivity contribution in [3.63, 3.8) is 0 Å². The van der Waals surface area contributed by atoms with Gasteiger partial charge in [-0.15, -0.1) is 0 Å². The Morgan fingerprint density at radius 2 is 2.06 bits per heavy atom. The predicted octanol–water partition coefficient (Wildman–Crippen LogP) is 3.05. The molecule has 0 saturated heterocycles. The Labute approximate surface area is 198 Å². The van der Waals surface area contributed by atoms with Gasteiger partial charge in [0.15, 0.2) is 11.6 Å². The number of hydrogen-bond acceptors (Lipinski definition) is 7. The lowest BCUT2D eigenvalue weighted by Gasteiger charge is -2.30. The number of hydrogen-bond donors (Lipinski definition) is 4. The fraction of sp³-hybridized carbons (Fsp3) is 0.458. The van der Waals surface area contributed by atoms with Crippen LogP contribution in [-0.2, 0) is 6.54 Å². The number of nitrogens with one attached hydrogen (secondary N) is 2. The summed E-state index contributed by atoms with van der Waals surface area (Å²) in [7, 11) is 4.10. The van der Waals surface area contributed by atoms with E-state index in [9.17, 15) is 9.18 Å². The lowest BCUT2D eigenvalue weighted by atomic mass is 9.91. The van der Waals surface area contributed by atoms with Crippen molar-refractivity contribution in [3.05, 3.63) is 42.1 Å². The van der Waals surface area contributed by atoms with Gasteiger partial charge in [0.05, 0.1) is 29.2 Å². The van der Waals surface area contributed by atoms with Crippen LogP contribution < -0.4 is 22.1 Å². The number of nitrogens with two attached hydrogens (primary N) is 2. The standard InChI is InChI=1S/C24H33FN8O/c1-32(2)9-5-10-33-11-8-15-20(13-28-14-21(15)33)30-23-16(22(27)34)12-17(25)24(31-23)29-19-7-4-3-6-18(19)26/h8,11-14,18-19H,3-7,9-10,26H2,1-2H3,(H2,27,34)(H2,29,30,31)/t18-,19+/m0/s1. The molecule has 182 valence electrons. The summed E-state index contributed by atoms with van der Waals surface area (Å²) in [5, 5.41) is 7.23. The first-order chi connectivity index (χ1) is 16.3. The van der Waals surface area contributed by atoms with E-state index < -0.39 is 11.7 Å². The number of amides is 1. The van der Waals surface area contributed by atoms with Gasteiger partial charge in [-0.05, 0) is 52.0 Å². The molecule has 3 heterocycles. The highest BCUT2D eigenvalue weighted by Gasteiger charge is 2.24. The zero-order valence-electron chi connectivity index (χ0n) is 19.7. The Kier molecular flexibility index (Phi) is 7.28. The van der Waals surface area contributed by atoms with Crippen LogP contribution in [0.3, 0.4) is 0 Å². The van der Waals surface area contributed by atoms with Crippen LogP contribution >= 0.6 is 0 Å². The van der Waals surface area contributed by atoms with Crippen molar-refractivity contribution in [1.82, 2.24) is 19.4 Å². The molecule has 9 nitrogen and oxygen atoms in total. The van der Waals surface area contributed by atoms with Crippen molar-refractivity contribution in [2.45, 2.75) is 50.7 Å². The van der Waals surface area contributed by atoms with Gasteiger partial charge < -0.3 is 31.6 Å². The number of primary amides is 1. The monoisotopic (exact) mass is 468 g/mol. The second kappa shape index (κ2) is 10.4. The zero-order valence-corrected chi connectivity index (χ0v) is 19.7. The molecule has 0 aliphatic heterocycles. The lowest BCUT2D eigenvalue weighted by molar-refractivity contribution is 0.100. The van der Waals surface area contributed by atoms with Gasteiger partial charge in [0.25, 0.3) is 5.91 Å². The highest BCUT2D eigenvalue weighted by Crippen LogP contribution is 2.30. The second-order valence-corrected chi connectivity index (χ2v) is 9.19.